The van der Waals surface area contributed by atoms with Gasteiger partial charge in [0, 0.05) is 17.6 Å². The molecular formula is C11H16F2N2. The van der Waals surface area contributed by atoms with Gasteiger partial charge in [0.25, 0.3) is 0 Å². The minimum absolute atomic E-state index is 0.0647. The summed E-state index contributed by atoms with van der Waals surface area (Å²) in [7, 11) is 1.71. The molecule has 0 fully saturated rings. The molecule has 3 N–H and O–H groups in total. The molecule has 2 unspecified atom stereocenters. The molecule has 0 heterocycles. The SMILES string of the molecule is CNC(CC(C)N)c1cc(F)ccc1F. The van der Waals surface area contributed by atoms with Crippen molar-refractivity contribution >= 4 is 0 Å². The summed E-state index contributed by atoms with van der Waals surface area (Å²) in [5.74, 6) is -0.840. The first-order valence-electron chi connectivity index (χ1n) is 4.92. The van der Waals surface area contributed by atoms with Crippen molar-refractivity contribution in [3.63, 3.8) is 0 Å². The van der Waals surface area contributed by atoms with Gasteiger partial charge in [0.1, 0.15) is 11.6 Å². The molecule has 0 aromatic heterocycles. The molecule has 4 heteroatoms. The standard InChI is InChI=1S/C11H16F2N2/c1-7(14)5-11(15-2)9-6-8(12)3-4-10(9)13/h3-4,6-7,11,15H,5,14H2,1-2H3. The number of benzene rings is 1. The zero-order chi connectivity index (χ0) is 11.4. The summed E-state index contributed by atoms with van der Waals surface area (Å²) in [6, 6.07) is 3.14. The normalized spacial score (nSPS) is 15.0. The lowest BCUT2D eigenvalue weighted by atomic mass is 10.00. The molecule has 0 aliphatic heterocycles. The van der Waals surface area contributed by atoms with Crippen molar-refractivity contribution < 1.29 is 8.78 Å². The molecule has 0 saturated carbocycles. The summed E-state index contributed by atoms with van der Waals surface area (Å²) in [6.07, 6.45) is 0.566. The van der Waals surface area contributed by atoms with Gasteiger partial charge in [0.05, 0.1) is 0 Å². The van der Waals surface area contributed by atoms with Crippen molar-refractivity contribution in [2.24, 2.45) is 5.73 Å². The van der Waals surface area contributed by atoms with Crippen LogP contribution in [0.4, 0.5) is 8.78 Å². The van der Waals surface area contributed by atoms with Gasteiger partial charge in [-0.05, 0) is 38.6 Å². The highest BCUT2D eigenvalue weighted by atomic mass is 19.1. The highest BCUT2D eigenvalue weighted by Gasteiger charge is 2.16. The second kappa shape index (κ2) is 5.19. The fourth-order valence-corrected chi connectivity index (χ4v) is 1.55. The van der Waals surface area contributed by atoms with Crippen molar-refractivity contribution in [2.75, 3.05) is 7.05 Å². The molecular weight excluding hydrogens is 198 g/mol. The van der Waals surface area contributed by atoms with Crippen molar-refractivity contribution in [1.29, 1.82) is 0 Å². The van der Waals surface area contributed by atoms with Crippen LogP contribution in [0.25, 0.3) is 0 Å². The average Bonchev–Trinajstić information content (AvgIpc) is 2.18. The smallest absolute Gasteiger partial charge is 0.128 e. The highest BCUT2D eigenvalue weighted by Crippen LogP contribution is 2.21. The molecule has 0 saturated heterocycles. The van der Waals surface area contributed by atoms with Crippen LogP contribution in [0.2, 0.25) is 0 Å². The first-order chi connectivity index (χ1) is 7.04. The van der Waals surface area contributed by atoms with E-state index in [1.54, 1.807) is 7.05 Å². The number of nitrogens with one attached hydrogen (secondary N) is 1. The van der Waals surface area contributed by atoms with Crippen LogP contribution in [0.3, 0.4) is 0 Å². The third-order valence-corrected chi connectivity index (χ3v) is 2.29. The van der Waals surface area contributed by atoms with E-state index >= 15 is 0 Å². The van der Waals surface area contributed by atoms with E-state index in [1.807, 2.05) is 6.92 Å². The Morgan fingerprint density at radius 2 is 2.07 bits per heavy atom. The van der Waals surface area contributed by atoms with E-state index in [-0.39, 0.29) is 12.1 Å². The number of nitrogens with two attached hydrogens (primary N) is 1. The fraction of sp³-hybridized carbons (Fsp3) is 0.455. The molecule has 0 spiro atoms. The van der Waals surface area contributed by atoms with Crippen LogP contribution >= 0.6 is 0 Å². The predicted octanol–water partition coefficient (Wildman–Crippen LogP) is 1.96. The average molecular weight is 214 g/mol. The third-order valence-electron chi connectivity index (χ3n) is 2.29. The van der Waals surface area contributed by atoms with Crippen molar-refractivity contribution in [2.45, 2.75) is 25.4 Å². The number of rotatable bonds is 4. The maximum absolute atomic E-state index is 13.4. The van der Waals surface area contributed by atoms with Gasteiger partial charge >= 0.3 is 0 Å². The van der Waals surface area contributed by atoms with Gasteiger partial charge in [-0.15, -0.1) is 0 Å². The highest BCUT2D eigenvalue weighted by molar-refractivity contribution is 5.22. The van der Waals surface area contributed by atoms with Gasteiger partial charge in [-0.25, -0.2) is 8.78 Å². The quantitative estimate of drug-likeness (QED) is 0.804. The Balaban J connectivity index is 2.95. The van der Waals surface area contributed by atoms with Gasteiger partial charge in [-0.2, -0.15) is 0 Å². The lowest BCUT2D eigenvalue weighted by Gasteiger charge is -2.19. The molecule has 0 amide bonds. The van der Waals surface area contributed by atoms with Crippen LogP contribution in [0.5, 0.6) is 0 Å². The third kappa shape index (κ3) is 3.25. The van der Waals surface area contributed by atoms with Crippen LogP contribution in [0, 0.1) is 11.6 Å². The first kappa shape index (κ1) is 12.1. The summed E-state index contributed by atoms with van der Waals surface area (Å²) < 4.78 is 26.4. The van der Waals surface area contributed by atoms with Gasteiger partial charge in [0.2, 0.25) is 0 Å². The second-order valence-electron chi connectivity index (χ2n) is 3.72. The molecule has 2 atom stereocenters. The second-order valence-corrected chi connectivity index (χ2v) is 3.72. The van der Waals surface area contributed by atoms with E-state index < -0.39 is 11.6 Å². The molecule has 1 aromatic rings. The van der Waals surface area contributed by atoms with Gasteiger partial charge in [-0.1, -0.05) is 0 Å². The largest absolute Gasteiger partial charge is 0.328 e. The van der Waals surface area contributed by atoms with E-state index in [1.165, 1.54) is 6.07 Å². The number of halogens is 2. The maximum Gasteiger partial charge on any atom is 0.128 e. The van der Waals surface area contributed by atoms with E-state index in [0.29, 0.717) is 12.0 Å². The molecule has 0 aliphatic rings. The number of hydrogen-bond donors (Lipinski definition) is 2. The summed E-state index contributed by atoms with van der Waals surface area (Å²) in [4.78, 5) is 0. The van der Waals surface area contributed by atoms with Crippen LogP contribution in [0.1, 0.15) is 24.9 Å². The topological polar surface area (TPSA) is 38.0 Å². The summed E-state index contributed by atoms with van der Waals surface area (Å²) in [6.45, 7) is 1.83. The van der Waals surface area contributed by atoms with E-state index in [2.05, 4.69) is 5.32 Å². The zero-order valence-electron chi connectivity index (χ0n) is 8.93. The maximum atomic E-state index is 13.4. The minimum atomic E-state index is -0.434. The molecule has 0 aliphatic carbocycles. The molecule has 84 valence electrons. The fourth-order valence-electron chi connectivity index (χ4n) is 1.55. The first-order valence-corrected chi connectivity index (χ1v) is 4.92. The Morgan fingerprint density at radius 1 is 1.40 bits per heavy atom. The summed E-state index contributed by atoms with van der Waals surface area (Å²) >= 11 is 0. The summed E-state index contributed by atoms with van der Waals surface area (Å²) in [5.41, 5.74) is 5.97. The Bertz CT molecular complexity index is 326. The Labute approximate surface area is 88.5 Å². The molecule has 1 rings (SSSR count). The van der Waals surface area contributed by atoms with E-state index in [9.17, 15) is 8.78 Å². The van der Waals surface area contributed by atoms with Gasteiger partial charge in [-0.3, -0.25) is 0 Å². The predicted molar refractivity (Wildman–Crippen MR) is 56.4 cm³/mol. The monoisotopic (exact) mass is 214 g/mol. The molecule has 0 radical (unpaired) electrons. The van der Waals surface area contributed by atoms with Crippen LogP contribution in [-0.2, 0) is 0 Å². The van der Waals surface area contributed by atoms with Gasteiger partial charge in [0.15, 0.2) is 0 Å². The zero-order valence-corrected chi connectivity index (χ0v) is 8.93. The molecule has 2 nitrogen and oxygen atoms in total. The Morgan fingerprint density at radius 3 is 2.60 bits per heavy atom. The van der Waals surface area contributed by atoms with Crippen LogP contribution in [0.15, 0.2) is 18.2 Å². The van der Waals surface area contributed by atoms with E-state index in [4.69, 9.17) is 5.73 Å². The Kier molecular flexibility index (Phi) is 4.17. The van der Waals surface area contributed by atoms with Crippen molar-refractivity contribution in [3.05, 3.63) is 35.4 Å². The number of hydrogen-bond acceptors (Lipinski definition) is 2. The van der Waals surface area contributed by atoms with Crippen LogP contribution < -0.4 is 11.1 Å². The summed E-state index contributed by atoms with van der Waals surface area (Å²) in [5, 5.41) is 2.93. The molecule has 0 bridgehead atoms. The molecule has 15 heavy (non-hydrogen) atoms. The van der Waals surface area contributed by atoms with Crippen molar-refractivity contribution in [3.8, 4) is 0 Å². The van der Waals surface area contributed by atoms with E-state index in [0.717, 1.165) is 12.1 Å². The van der Waals surface area contributed by atoms with Crippen molar-refractivity contribution in [1.82, 2.24) is 5.32 Å². The lowest BCUT2D eigenvalue weighted by molar-refractivity contribution is 0.470. The lowest BCUT2D eigenvalue weighted by Crippen LogP contribution is -2.26. The molecule has 1 aromatic carbocycles. The Hall–Kier alpha value is -1.00. The minimum Gasteiger partial charge on any atom is -0.328 e. The van der Waals surface area contributed by atoms with Gasteiger partial charge < -0.3 is 11.1 Å². The van der Waals surface area contributed by atoms with Crippen LogP contribution in [-0.4, -0.2) is 13.1 Å².